The van der Waals surface area contributed by atoms with Gasteiger partial charge in [0, 0.05) is 6.54 Å². The van der Waals surface area contributed by atoms with Crippen molar-refractivity contribution < 1.29 is 5.11 Å². The van der Waals surface area contributed by atoms with Crippen molar-refractivity contribution in [2.24, 2.45) is 5.41 Å². The Bertz CT molecular complexity index is 243. The van der Waals surface area contributed by atoms with E-state index in [1.807, 2.05) is 0 Å². The van der Waals surface area contributed by atoms with Crippen LogP contribution in [0.1, 0.15) is 59.8 Å². The van der Waals surface area contributed by atoms with Gasteiger partial charge in [-0.2, -0.15) is 0 Å². The Morgan fingerprint density at radius 3 is 2.16 bits per heavy atom. The van der Waals surface area contributed by atoms with Crippen molar-refractivity contribution in [1.29, 1.82) is 0 Å². The lowest BCUT2D eigenvalue weighted by atomic mass is 9.74. The zero-order valence-electron chi connectivity index (χ0n) is 13.5. The van der Waals surface area contributed by atoms with Crippen LogP contribution in [0.2, 0.25) is 0 Å². The van der Waals surface area contributed by atoms with Crippen molar-refractivity contribution in [1.82, 2.24) is 10.2 Å². The van der Waals surface area contributed by atoms with Crippen LogP contribution < -0.4 is 5.32 Å². The number of rotatable bonds is 8. The molecule has 1 unspecified atom stereocenters. The fourth-order valence-electron chi connectivity index (χ4n) is 3.22. The van der Waals surface area contributed by atoms with Gasteiger partial charge in [-0.15, -0.1) is 0 Å². The van der Waals surface area contributed by atoms with E-state index in [1.165, 1.54) is 38.8 Å². The first-order valence-corrected chi connectivity index (χ1v) is 8.11. The van der Waals surface area contributed by atoms with Crippen molar-refractivity contribution in [3.8, 4) is 0 Å². The normalized spacial score (nSPS) is 23.2. The van der Waals surface area contributed by atoms with E-state index in [1.54, 1.807) is 0 Å². The Morgan fingerprint density at radius 2 is 1.74 bits per heavy atom. The summed E-state index contributed by atoms with van der Waals surface area (Å²) in [5.41, 5.74) is 0.442. The maximum atomic E-state index is 9.65. The lowest BCUT2D eigenvalue weighted by Gasteiger charge is -2.44. The largest absolute Gasteiger partial charge is 0.394 e. The first kappa shape index (κ1) is 16.9. The predicted octanol–water partition coefficient (Wildman–Crippen LogP) is 2.64. The maximum Gasteiger partial charge on any atom is 0.0623 e. The SMILES string of the molecule is CCCNC(C)(CO)CN1CCC(CC)(CC)CC1. The molecule has 1 atom stereocenters. The van der Waals surface area contributed by atoms with Gasteiger partial charge in [0.25, 0.3) is 0 Å². The van der Waals surface area contributed by atoms with E-state index in [9.17, 15) is 5.11 Å². The van der Waals surface area contributed by atoms with Crippen LogP contribution >= 0.6 is 0 Å². The zero-order valence-corrected chi connectivity index (χ0v) is 13.5. The van der Waals surface area contributed by atoms with Gasteiger partial charge in [-0.3, -0.25) is 0 Å². The minimum Gasteiger partial charge on any atom is -0.394 e. The molecule has 1 saturated heterocycles. The first-order chi connectivity index (χ1) is 9.03. The molecular weight excluding hydrogens is 236 g/mol. The van der Waals surface area contributed by atoms with Gasteiger partial charge < -0.3 is 15.3 Å². The summed E-state index contributed by atoms with van der Waals surface area (Å²) >= 11 is 0. The van der Waals surface area contributed by atoms with E-state index in [0.29, 0.717) is 5.41 Å². The molecule has 0 spiro atoms. The second-order valence-electron chi connectivity index (χ2n) is 6.63. The molecule has 3 nitrogen and oxygen atoms in total. The fraction of sp³-hybridized carbons (Fsp3) is 1.00. The number of aliphatic hydroxyl groups excluding tert-OH is 1. The van der Waals surface area contributed by atoms with Gasteiger partial charge in [0.1, 0.15) is 0 Å². The van der Waals surface area contributed by atoms with E-state index in [0.717, 1.165) is 19.5 Å². The lowest BCUT2D eigenvalue weighted by molar-refractivity contribution is 0.0583. The van der Waals surface area contributed by atoms with Crippen LogP contribution in [0.3, 0.4) is 0 Å². The molecule has 114 valence electrons. The summed E-state index contributed by atoms with van der Waals surface area (Å²) in [5.74, 6) is 0. The molecule has 0 aromatic carbocycles. The van der Waals surface area contributed by atoms with E-state index in [4.69, 9.17) is 0 Å². The second kappa shape index (κ2) is 7.61. The average Bonchev–Trinajstić information content (AvgIpc) is 2.46. The second-order valence-corrected chi connectivity index (χ2v) is 6.63. The monoisotopic (exact) mass is 270 g/mol. The van der Waals surface area contributed by atoms with Crippen molar-refractivity contribution in [3.63, 3.8) is 0 Å². The fourth-order valence-corrected chi connectivity index (χ4v) is 3.22. The van der Waals surface area contributed by atoms with E-state index < -0.39 is 0 Å². The summed E-state index contributed by atoms with van der Waals surface area (Å²) in [5, 5.41) is 13.1. The van der Waals surface area contributed by atoms with Crippen molar-refractivity contribution >= 4 is 0 Å². The van der Waals surface area contributed by atoms with Gasteiger partial charge in [0.15, 0.2) is 0 Å². The number of hydrogen-bond donors (Lipinski definition) is 2. The van der Waals surface area contributed by atoms with Crippen LogP contribution in [0, 0.1) is 5.41 Å². The molecule has 0 radical (unpaired) electrons. The highest BCUT2D eigenvalue weighted by atomic mass is 16.3. The van der Waals surface area contributed by atoms with Gasteiger partial charge in [0.2, 0.25) is 0 Å². The molecule has 19 heavy (non-hydrogen) atoms. The van der Waals surface area contributed by atoms with Crippen molar-refractivity contribution in [2.75, 3.05) is 32.8 Å². The smallest absolute Gasteiger partial charge is 0.0623 e. The van der Waals surface area contributed by atoms with Gasteiger partial charge in [0.05, 0.1) is 12.1 Å². The van der Waals surface area contributed by atoms with Crippen molar-refractivity contribution in [3.05, 3.63) is 0 Å². The van der Waals surface area contributed by atoms with Crippen LogP contribution in [0.5, 0.6) is 0 Å². The third-order valence-corrected chi connectivity index (χ3v) is 5.14. The molecule has 0 aliphatic carbocycles. The quantitative estimate of drug-likeness (QED) is 0.712. The molecular formula is C16H34N2O. The van der Waals surface area contributed by atoms with E-state index >= 15 is 0 Å². The molecule has 1 aliphatic rings. The summed E-state index contributed by atoms with van der Waals surface area (Å²) < 4.78 is 0. The maximum absolute atomic E-state index is 9.65. The highest BCUT2D eigenvalue weighted by Gasteiger charge is 2.34. The van der Waals surface area contributed by atoms with Gasteiger partial charge >= 0.3 is 0 Å². The van der Waals surface area contributed by atoms with Crippen LogP contribution in [0.25, 0.3) is 0 Å². The Balaban J connectivity index is 2.46. The molecule has 3 heteroatoms. The van der Waals surface area contributed by atoms with E-state index in [2.05, 4.69) is 37.9 Å². The molecule has 1 heterocycles. The Hall–Kier alpha value is -0.120. The van der Waals surface area contributed by atoms with Crippen LogP contribution in [0.15, 0.2) is 0 Å². The van der Waals surface area contributed by atoms with Gasteiger partial charge in [-0.05, 0) is 51.2 Å². The standard InChI is InChI=1S/C16H34N2O/c1-5-10-17-15(4,14-19)13-18-11-8-16(6-2,7-3)9-12-18/h17,19H,5-14H2,1-4H3. The summed E-state index contributed by atoms with van der Waals surface area (Å²) in [4.78, 5) is 2.53. The zero-order chi connectivity index (χ0) is 14.4. The number of aliphatic hydroxyl groups is 1. The number of piperidine rings is 1. The summed E-state index contributed by atoms with van der Waals surface area (Å²) in [6.45, 7) is 13.5. The Labute approximate surface area is 119 Å². The molecule has 1 fully saturated rings. The van der Waals surface area contributed by atoms with E-state index in [-0.39, 0.29) is 12.1 Å². The molecule has 1 aliphatic heterocycles. The lowest BCUT2D eigenvalue weighted by Crippen LogP contribution is -2.56. The molecule has 1 rings (SSSR count). The highest BCUT2D eigenvalue weighted by Crippen LogP contribution is 2.38. The molecule has 0 bridgehead atoms. The number of hydrogen-bond acceptors (Lipinski definition) is 3. The Morgan fingerprint density at radius 1 is 1.16 bits per heavy atom. The summed E-state index contributed by atoms with van der Waals surface area (Å²) in [6.07, 6.45) is 6.36. The molecule has 2 N–H and O–H groups in total. The minimum atomic E-state index is -0.144. The van der Waals surface area contributed by atoms with Gasteiger partial charge in [-0.25, -0.2) is 0 Å². The molecule has 0 aromatic rings. The summed E-state index contributed by atoms with van der Waals surface area (Å²) in [6, 6.07) is 0. The number of nitrogens with zero attached hydrogens (tertiary/aromatic N) is 1. The highest BCUT2D eigenvalue weighted by molar-refractivity contribution is 4.90. The van der Waals surface area contributed by atoms with Gasteiger partial charge in [-0.1, -0.05) is 33.6 Å². The summed E-state index contributed by atoms with van der Waals surface area (Å²) in [7, 11) is 0. The third-order valence-electron chi connectivity index (χ3n) is 5.14. The number of likely N-dealkylation sites (tertiary alicyclic amines) is 1. The molecule has 0 aromatic heterocycles. The number of nitrogens with one attached hydrogen (secondary N) is 1. The molecule has 0 amide bonds. The third kappa shape index (κ3) is 4.73. The van der Waals surface area contributed by atoms with Crippen LogP contribution in [-0.4, -0.2) is 48.3 Å². The average molecular weight is 270 g/mol. The van der Waals surface area contributed by atoms with Crippen LogP contribution in [-0.2, 0) is 0 Å². The van der Waals surface area contributed by atoms with Crippen molar-refractivity contribution in [2.45, 2.75) is 65.3 Å². The van der Waals surface area contributed by atoms with Crippen LogP contribution in [0.4, 0.5) is 0 Å². The minimum absolute atomic E-state index is 0.144. The first-order valence-electron chi connectivity index (χ1n) is 8.11. The Kier molecular flexibility index (Phi) is 6.78. The predicted molar refractivity (Wildman–Crippen MR) is 82.5 cm³/mol. The topological polar surface area (TPSA) is 35.5 Å². The molecule has 0 saturated carbocycles.